The molecule has 0 spiro atoms. The predicted molar refractivity (Wildman–Crippen MR) is 116 cm³/mol. The van der Waals surface area contributed by atoms with Gasteiger partial charge in [0.1, 0.15) is 23.0 Å². The zero-order chi connectivity index (χ0) is 23.3. The third-order valence-electron chi connectivity index (χ3n) is 4.54. The van der Waals surface area contributed by atoms with E-state index in [0.717, 1.165) is 0 Å². The number of nitriles is 1. The number of halogens is 1. The molecule has 2 aromatic heterocycles. The van der Waals surface area contributed by atoms with E-state index in [1.807, 2.05) is 6.07 Å². The first kappa shape index (κ1) is 22.7. The van der Waals surface area contributed by atoms with Crippen LogP contribution in [0.15, 0.2) is 47.1 Å². The Balaban J connectivity index is 1.55. The highest BCUT2D eigenvalue weighted by Gasteiger charge is 2.26. The fraction of sp³-hybridized carbons (Fsp3) is 0.182. The Morgan fingerprint density at radius 1 is 1.16 bits per heavy atom. The number of esters is 1. The van der Waals surface area contributed by atoms with E-state index in [2.05, 4.69) is 10.6 Å². The molecule has 164 valence electrons. The first-order valence-electron chi connectivity index (χ1n) is 9.47. The maximum absolute atomic E-state index is 12.5. The molecule has 1 aromatic carbocycles. The Hall–Kier alpha value is -4.03. The molecule has 0 saturated heterocycles. The number of hydrogen-bond donors (Lipinski definition) is 2. The van der Waals surface area contributed by atoms with E-state index in [-0.39, 0.29) is 29.3 Å². The summed E-state index contributed by atoms with van der Waals surface area (Å²) < 4.78 is 12.1. The van der Waals surface area contributed by atoms with Crippen LogP contribution in [0.25, 0.3) is 5.88 Å². The summed E-state index contributed by atoms with van der Waals surface area (Å²) in [6.07, 6.45) is 3.33. The molecule has 0 aliphatic heterocycles. The molecule has 0 aliphatic carbocycles. The van der Waals surface area contributed by atoms with Crippen molar-refractivity contribution in [2.24, 2.45) is 0 Å². The number of hydrogen-bond acceptors (Lipinski definition) is 6. The highest BCUT2D eigenvalue weighted by Crippen LogP contribution is 2.26. The molecule has 0 unspecified atom stereocenters. The van der Waals surface area contributed by atoms with Gasteiger partial charge in [-0.3, -0.25) is 14.2 Å². The van der Waals surface area contributed by atoms with Gasteiger partial charge in [0.2, 0.25) is 11.8 Å². The van der Waals surface area contributed by atoms with E-state index in [4.69, 9.17) is 20.8 Å². The Bertz CT molecular complexity index is 1210. The highest BCUT2D eigenvalue weighted by atomic mass is 35.5. The van der Waals surface area contributed by atoms with Crippen LogP contribution in [0.3, 0.4) is 0 Å². The molecule has 3 aromatic rings. The number of rotatable bonds is 7. The zero-order valence-corrected chi connectivity index (χ0v) is 18.0. The van der Waals surface area contributed by atoms with Crippen molar-refractivity contribution in [3.8, 4) is 12.0 Å². The molecule has 0 fully saturated rings. The molecule has 0 bridgehead atoms. The third-order valence-corrected chi connectivity index (χ3v) is 4.95. The maximum Gasteiger partial charge on any atom is 0.343 e. The number of furan rings is 1. The molecule has 3 rings (SSSR count). The van der Waals surface area contributed by atoms with Crippen LogP contribution in [0.1, 0.15) is 27.2 Å². The highest BCUT2D eigenvalue weighted by molar-refractivity contribution is 6.31. The van der Waals surface area contributed by atoms with Crippen molar-refractivity contribution < 1.29 is 23.5 Å². The second kappa shape index (κ2) is 9.85. The van der Waals surface area contributed by atoms with E-state index in [0.29, 0.717) is 16.3 Å². The number of nitrogens with zero attached hydrogens (tertiary/aromatic N) is 2. The largest absolute Gasteiger partial charge is 0.452 e. The van der Waals surface area contributed by atoms with Gasteiger partial charge in [0.25, 0.3) is 5.91 Å². The summed E-state index contributed by atoms with van der Waals surface area (Å²) in [4.78, 5) is 36.5. The minimum absolute atomic E-state index is 0.000350. The normalized spacial score (nSPS) is 10.3. The van der Waals surface area contributed by atoms with Gasteiger partial charge in [-0.1, -0.05) is 17.7 Å². The van der Waals surface area contributed by atoms with E-state index in [9.17, 15) is 19.6 Å². The summed E-state index contributed by atoms with van der Waals surface area (Å²) in [5.41, 5.74) is 1.17. The SMILES string of the molecule is Cc1oc(-n2cccc2)c(C#N)c1C(=O)OCC(=O)NCC(=O)Nc1cccc(Cl)c1C. The van der Waals surface area contributed by atoms with Crippen molar-refractivity contribution in [1.82, 2.24) is 9.88 Å². The molecule has 32 heavy (non-hydrogen) atoms. The maximum atomic E-state index is 12.5. The summed E-state index contributed by atoms with van der Waals surface area (Å²) in [5, 5.41) is 15.0. The van der Waals surface area contributed by atoms with Crippen molar-refractivity contribution in [2.45, 2.75) is 13.8 Å². The van der Waals surface area contributed by atoms with Crippen molar-refractivity contribution in [3.05, 3.63) is 70.2 Å². The van der Waals surface area contributed by atoms with Gasteiger partial charge in [-0.25, -0.2) is 4.79 Å². The number of nitrogens with one attached hydrogen (secondary N) is 2. The third kappa shape index (κ3) is 4.99. The topological polar surface area (TPSA) is 126 Å². The van der Waals surface area contributed by atoms with Gasteiger partial charge in [0.05, 0.1) is 6.54 Å². The predicted octanol–water partition coefficient (Wildman–Crippen LogP) is 3.12. The van der Waals surface area contributed by atoms with Gasteiger partial charge >= 0.3 is 5.97 Å². The number of carbonyl (C=O) groups excluding carboxylic acids is 3. The van der Waals surface area contributed by atoms with Crippen molar-refractivity contribution >= 4 is 35.1 Å². The number of ether oxygens (including phenoxy) is 1. The fourth-order valence-electron chi connectivity index (χ4n) is 2.90. The quantitative estimate of drug-likeness (QED) is 0.528. The van der Waals surface area contributed by atoms with Crippen LogP contribution < -0.4 is 10.6 Å². The molecule has 10 heteroatoms. The minimum atomic E-state index is -0.879. The lowest BCUT2D eigenvalue weighted by Crippen LogP contribution is -2.35. The van der Waals surface area contributed by atoms with Crippen LogP contribution in [0.4, 0.5) is 5.69 Å². The number of carbonyl (C=O) groups is 3. The van der Waals surface area contributed by atoms with Crippen molar-refractivity contribution in [3.63, 3.8) is 0 Å². The average Bonchev–Trinajstić information content (AvgIpc) is 3.41. The van der Waals surface area contributed by atoms with Crippen LogP contribution in [-0.2, 0) is 14.3 Å². The number of aryl methyl sites for hydroxylation is 1. The lowest BCUT2D eigenvalue weighted by Gasteiger charge is -2.10. The van der Waals surface area contributed by atoms with Gasteiger partial charge in [0, 0.05) is 23.1 Å². The summed E-state index contributed by atoms with van der Waals surface area (Å²) in [7, 11) is 0. The van der Waals surface area contributed by atoms with Gasteiger partial charge in [-0.2, -0.15) is 5.26 Å². The van der Waals surface area contributed by atoms with E-state index < -0.39 is 24.4 Å². The van der Waals surface area contributed by atoms with Crippen LogP contribution in [0, 0.1) is 25.2 Å². The zero-order valence-electron chi connectivity index (χ0n) is 17.3. The first-order chi connectivity index (χ1) is 15.3. The Morgan fingerprint density at radius 3 is 2.56 bits per heavy atom. The van der Waals surface area contributed by atoms with Gasteiger partial charge in [0.15, 0.2) is 6.61 Å². The molecular weight excluding hydrogens is 436 g/mol. The lowest BCUT2D eigenvalue weighted by atomic mass is 10.1. The monoisotopic (exact) mass is 454 g/mol. The Labute approximate surface area is 188 Å². The number of amides is 2. The van der Waals surface area contributed by atoms with E-state index in [1.54, 1.807) is 54.2 Å². The summed E-state index contributed by atoms with van der Waals surface area (Å²) in [5.74, 6) is -1.66. The fourth-order valence-corrected chi connectivity index (χ4v) is 3.08. The second-order valence-electron chi connectivity index (χ2n) is 6.73. The van der Waals surface area contributed by atoms with Crippen molar-refractivity contribution in [2.75, 3.05) is 18.5 Å². The molecule has 0 atom stereocenters. The summed E-state index contributed by atoms with van der Waals surface area (Å²) in [6.45, 7) is 2.32. The Morgan fingerprint density at radius 2 is 1.88 bits per heavy atom. The van der Waals surface area contributed by atoms with Crippen LogP contribution in [0.5, 0.6) is 0 Å². The van der Waals surface area contributed by atoms with Gasteiger partial charge < -0.3 is 19.8 Å². The smallest absolute Gasteiger partial charge is 0.343 e. The molecule has 2 N–H and O–H groups in total. The lowest BCUT2D eigenvalue weighted by molar-refractivity contribution is -0.126. The van der Waals surface area contributed by atoms with Crippen molar-refractivity contribution in [1.29, 1.82) is 5.26 Å². The Kier molecular flexibility index (Phi) is 6.97. The average molecular weight is 455 g/mol. The molecule has 2 amide bonds. The summed E-state index contributed by atoms with van der Waals surface area (Å²) >= 11 is 6.01. The molecule has 0 aliphatic rings. The standard InChI is InChI=1S/C22H19ClN4O5/c1-13-16(23)6-5-7-17(13)26-18(28)11-25-19(29)12-31-22(30)20-14(2)32-21(15(20)10-24)27-8-3-4-9-27/h3-9H,11-12H2,1-2H3,(H,25,29)(H,26,28). The number of aromatic nitrogens is 1. The van der Waals surface area contributed by atoms with Gasteiger partial charge in [-0.05, 0) is 43.7 Å². The molecule has 9 nitrogen and oxygen atoms in total. The molecule has 0 radical (unpaired) electrons. The molecule has 0 saturated carbocycles. The first-order valence-corrected chi connectivity index (χ1v) is 9.85. The number of benzene rings is 1. The van der Waals surface area contributed by atoms with E-state index in [1.165, 1.54) is 6.92 Å². The van der Waals surface area contributed by atoms with Crippen LogP contribution in [0.2, 0.25) is 5.02 Å². The molecular formula is C22H19ClN4O5. The van der Waals surface area contributed by atoms with E-state index >= 15 is 0 Å². The van der Waals surface area contributed by atoms with Gasteiger partial charge in [-0.15, -0.1) is 0 Å². The number of anilines is 1. The summed E-state index contributed by atoms with van der Waals surface area (Å²) in [6, 6.07) is 10.5. The van der Waals surface area contributed by atoms with Crippen LogP contribution >= 0.6 is 11.6 Å². The van der Waals surface area contributed by atoms with Crippen LogP contribution in [-0.4, -0.2) is 35.5 Å². The minimum Gasteiger partial charge on any atom is -0.452 e. The molecule has 2 heterocycles. The second-order valence-corrected chi connectivity index (χ2v) is 7.14.